The van der Waals surface area contributed by atoms with Gasteiger partial charge in [0.25, 0.3) is 0 Å². The molecule has 0 heterocycles. The van der Waals surface area contributed by atoms with E-state index in [0.717, 1.165) is 13.1 Å². The molecule has 1 aliphatic carbocycles. The summed E-state index contributed by atoms with van der Waals surface area (Å²) in [6.45, 7) is 4.54. The molecule has 4 heteroatoms. The lowest BCUT2D eigenvalue weighted by Crippen LogP contribution is -2.34. The van der Waals surface area contributed by atoms with E-state index in [0.29, 0.717) is 17.8 Å². The minimum absolute atomic E-state index is 0.221. The third kappa shape index (κ3) is 4.21. The van der Waals surface area contributed by atoms with Crippen LogP contribution in [0.3, 0.4) is 0 Å². The van der Waals surface area contributed by atoms with Crippen molar-refractivity contribution in [2.24, 2.45) is 5.41 Å². The number of aromatic carboxylic acids is 1. The van der Waals surface area contributed by atoms with Crippen LogP contribution in [0.15, 0.2) is 24.3 Å². The quantitative estimate of drug-likeness (QED) is 0.721. The van der Waals surface area contributed by atoms with Crippen molar-refractivity contribution in [3.05, 3.63) is 29.8 Å². The second kappa shape index (κ2) is 7.46. The summed E-state index contributed by atoms with van der Waals surface area (Å²) in [4.78, 5) is 11.1. The van der Waals surface area contributed by atoms with Crippen molar-refractivity contribution in [3.8, 4) is 5.75 Å². The van der Waals surface area contributed by atoms with Crippen LogP contribution >= 0.6 is 0 Å². The van der Waals surface area contributed by atoms with Gasteiger partial charge in [-0.2, -0.15) is 0 Å². The Balaban J connectivity index is 1.74. The number of carboxylic acids is 1. The van der Waals surface area contributed by atoms with E-state index in [1.54, 1.807) is 24.3 Å². The van der Waals surface area contributed by atoms with Gasteiger partial charge in [0.2, 0.25) is 0 Å². The SMILES string of the molecule is CCC1(CNCCOc2ccccc2C(=O)O)CCCC1. The molecule has 0 aromatic heterocycles. The first-order valence-electron chi connectivity index (χ1n) is 7.83. The van der Waals surface area contributed by atoms with E-state index >= 15 is 0 Å². The van der Waals surface area contributed by atoms with E-state index in [9.17, 15) is 4.79 Å². The minimum atomic E-state index is -0.950. The third-order valence-electron chi connectivity index (χ3n) is 4.57. The van der Waals surface area contributed by atoms with Gasteiger partial charge >= 0.3 is 5.97 Å². The van der Waals surface area contributed by atoms with Gasteiger partial charge in [0.1, 0.15) is 17.9 Å². The van der Waals surface area contributed by atoms with E-state index < -0.39 is 5.97 Å². The Kier molecular flexibility index (Phi) is 5.62. The zero-order chi connectivity index (χ0) is 15.1. The Hall–Kier alpha value is -1.55. The van der Waals surface area contributed by atoms with Crippen molar-refractivity contribution in [1.82, 2.24) is 5.32 Å². The summed E-state index contributed by atoms with van der Waals surface area (Å²) >= 11 is 0. The van der Waals surface area contributed by atoms with E-state index in [1.165, 1.54) is 32.1 Å². The average molecular weight is 291 g/mol. The normalized spacial score (nSPS) is 16.8. The molecule has 1 saturated carbocycles. The Morgan fingerprint density at radius 2 is 2.05 bits per heavy atom. The van der Waals surface area contributed by atoms with Crippen LogP contribution in [0.5, 0.6) is 5.75 Å². The summed E-state index contributed by atoms with van der Waals surface area (Å²) in [5, 5.41) is 12.5. The predicted molar refractivity (Wildman–Crippen MR) is 83.0 cm³/mol. The van der Waals surface area contributed by atoms with E-state index in [1.807, 2.05) is 0 Å². The van der Waals surface area contributed by atoms with Gasteiger partial charge in [-0.05, 0) is 36.8 Å². The first-order valence-corrected chi connectivity index (χ1v) is 7.83. The first kappa shape index (κ1) is 15.8. The van der Waals surface area contributed by atoms with Crippen LogP contribution in [0, 0.1) is 5.41 Å². The Labute approximate surface area is 126 Å². The molecule has 0 saturated heterocycles. The fourth-order valence-corrected chi connectivity index (χ4v) is 3.14. The lowest BCUT2D eigenvalue weighted by atomic mass is 9.83. The number of benzene rings is 1. The lowest BCUT2D eigenvalue weighted by Gasteiger charge is -2.27. The maximum absolute atomic E-state index is 11.1. The number of rotatable bonds is 8. The Bertz CT molecular complexity index is 467. The van der Waals surface area contributed by atoms with Crippen molar-refractivity contribution >= 4 is 5.97 Å². The van der Waals surface area contributed by atoms with Gasteiger partial charge in [0, 0.05) is 13.1 Å². The number of ether oxygens (including phenoxy) is 1. The van der Waals surface area contributed by atoms with Crippen LogP contribution in [0.25, 0.3) is 0 Å². The predicted octanol–water partition coefficient (Wildman–Crippen LogP) is 3.32. The van der Waals surface area contributed by atoms with Gasteiger partial charge in [-0.15, -0.1) is 0 Å². The molecule has 0 bridgehead atoms. The molecule has 0 unspecified atom stereocenters. The maximum atomic E-state index is 11.1. The minimum Gasteiger partial charge on any atom is -0.491 e. The van der Waals surface area contributed by atoms with E-state index in [4.69, 9.17) is 9.84 Å². The van der Waals surface area contributed by atoms with Crippen LogP contribution in [0.2, 0.25) is 0 Å². The van der Waals surface area contributed by atoms with Crippen molar-refractivity contribution in [2.75, 3.05) is 19.7 Å². The zero-order valence-corrected chi connectivity index (χ0v) is 12.7. The van der Waals surface area contributed by atoms with Crippen molar-refractivity contribution in [3.63, 3.8) is 0 Å². The van der Waals surface area contributed by atoms with E-state index in [-0.39, 0.29) is 5.56 Å². The molecule has 4 nitrogen and oxygen atoms in total. The summed E-state index contributed by atoms with van der Waals surface area (Å²) in [6, 6.07) is 6.77. The number of carbonyl (C=O) groups is 1. The van der Waals surface area contributed by atoms with Crippen molar-refractivity contribution in [1.29, 1.82) is 0 Å². The number of hydrogen-bond donors (Lipinski definition) is 2. The monoisotopic (exact) mass is 291 g/mol. The van der Waals surface area contributed by atoms with E-state index in [2.05, 4.69) is 12.2 Å². The van der Waals surface area contributed by atoms with Gasteiger partial charge in [0.15, 0.2) is 0 Å². The highest BCUT2D eigenvalue weighted by atomic mass is 16.5. The molecule has 0 amide bonds. The fraction of sp³-hybridized carbons (Fsp3) is 0.588. The van der Waals surface area contributed by atoms with Crippen LogP contribution in [-0.2, 0) is 0 Å². The summed E-state index contributed by atoms with van der Waals surface area (Å²) in [7, 11) is 0. The molecule has 21 heavy (non-hydrogen) atoms. The zero-order valence-electron chi connectivity index (χ0n) is 12.7. The number of para-hydroxylation sites is 1. The molecule has 1 aliphatic rings. The van der Waals surface area contributed by atoms with Crippen LogP contribution < -0.4 is 10.1 Å². The summed E-state index contributed by atoms with van der Waals surface area (Å²) in [5.41, 5.74) is 0.692. The molecular formula is C17H25NO3. The molecule has 0 atom stereocenters. The number of carboxylic acid groups (broad SMARTS) is 1. The Morgan fingerprint density at radius 3 is 2.71 bits per heavy atom. The molecule has 1 aromatic carbocycles. The lowest BCUT2D eigenvalue weighted by molar-refractivity contribution is 0.0692. The molecule has 0 spiro atoms. The van der Waals surface area contributed by atoms with Crippen LogP contribution in [0.4, 0.5) is 0 Å². The van der Waals surface area contributed by atoms with Crippen molar-refractivity contribution < 1.29 is 14.6 Å². The number of nitrogens with one attached hydrogen (secondary N) is 1. The smallest absolute Gasteiger partial charge is 0.339 e. The largest absolute Gasteiger partial charge is 0.491 e. The highest BCUT2D eigenvalue weighted by Crippen LogP contribution is 2.40. The van der Waals surface area contributed by atoms with Crippen LogP contribution in [-0.4, -0.2) is 30.8 Å². The average Bonchev–Trinajstić information content (AvgIpc) is 2.96. The maximum Gasteiger partial charge on any atom is 0.339 e. The second-order valence-electron chi connectivity index (χ2n) is 5.89. The Morgan fingerprint density at radius 1 is 1.33 bits per heavy atom. The highest BCUT2D eigenvalue weighted by molar-refractivity contribution is 5.90. The second-order valence-corrected chi connectivity index (χ2v) is 5.89. The summed E-state index contributed by atoms with van der Waals surface area (Å²) < 4.78 is 5.59. The molecule has 1 fully saturated rings. The highest BCUT2D eigenvalue weighted by Gasteiger charge is 2.31. The molecule has 2 rings (SSSR count). The summed E-state index contributed by atoms with van der Waals surface area (Å²) in [5.74, 6) is -0.507. The topological polar surface area (TPSA) is 58.6 Å². The van der Waals surface area contributed by atoms with Gasteiger partial charge < -0.3 is 15.2 Å². The van der Waals surface area contributed by atoms with Crippen molar-refractivity contribution in [2.45, 2.75) is 39.0 Å². The number of hydrogen-bond acceptors (Lipinski definition) is 3. The molecule has 1 aromatic rings. The standard InChI is InChI=1S/C17H25NO3/c1-2-17(9-5-6-10-17)13-18-11-12-21-15-8-4-3-7-14(15)16(19)20/h3-4,7-8,18H,2,5-6,9-13H2,1H3,(H,19,20). The van der Waals surface area contributed by atoms with Gasteiger partial charge in [-0.1, -0.05) is 31.9 Å². The molecule has 0 aliphatic heterocycles. The molecule has 2 N–H and O–H groups in total. The fourth-order valence-electron chi connectivity index (χ4n) is 3.14. The third-order valence-corrected chi connectivity index (χ3v) is 4.57. The van der Waals surface area contributed by atoms with Gasteiger partial charge in [-0.3, -0.25) is 0 Å². The molecular weight excluding hydrogens is 266 g/mol. The molecule has 0 radical (unpaired) electrons. The summed E-state index contributed by atoms with van der Waals surface area (Å²) in [6.07, 6.45) is 6.55. The van der Waals surface area contributed by atoms with Gasteiger partial charge in [-0.25, -0.2) is 4.79 Å². The van der Waals surface area contributed by atoms with Crippen LogP contribution in [0.1, 0.15) is 49.4 Å². The molecule has 116 valence electrons. The van der Waals surface area contributed by atoms with Gasteiger partial charge in [0.05, 0.1) is 0 Å². The first-order chi connectivity index (χ1) is 10.2.